The Morgan fingerprint density at radius 1 is 1.19 bits per heavy atom. The Balaban J connectivity index is 1.59. The Labute approximate surface area is 153 Å². The lowest BCUT2D eigenvalue weighted by atomic mass is 10.0. The van der Waals surface area contributed by atoms with Gasteiger partial charge in [0, 0.05) is 24.7 Å². The van der Waals surface area contributed by atoms with Gasteiger partial charge in [-0.05, 0) is 45.2 Å². The standard InChI is InChI=1S/C20H25N3O3/c1-3-4-5-17-19(25)23(20(26)21-17)16-10-12-22(13-11-16)18(24)15-8-6-14(2)7-9-15/h3-4,6-9,16-17H,5,10-13H2,1-2H3,(H,21,26). The molecule has 4 amide bonds. The van der Waals surface area contributed by atoms with Crippen molar-refractivity contribution in [3.05, 3.63) is 47.5 Å². The fraction of sp³-hybridized carbons (Fsp3) is 0.450. The number of rotatable bonds is 4. The van der Waals surface area contributed by atoms with Crippen LogP contribution in [0.1, 0.15) is 42.1 Å². The number of hydrogen-bond acceptors (Lipinski definition) is 3. The summed E-state index contributed by atoms with van der Waals surface area (Å²) in [6.07, 6.45) is 5.51. The highest BCUT2D eigenvalue weighted by Crippen LogP contribution is 2.23. The van der Waals surface area contributed by atoms with Crippen molar-refractivity contribution in [2.24, 2.45) is 0 Å². The SMILES string of the molecule is CC=CCC1NC(=O)N(C2CCN(C(=O)c3ccc(C)cc3)CC2)C1=O. The van der Waals surface area contributed by atoms with Crippen LogP contribution in [0.15, 0.2) is 36.4 Å². The molecule has 0 radical (unpaired) electrons. The van der Waals surface area contributed by atoms with Crippen LogP contribution in [0.3, 0.4) is 0 Å². The van der Waals surface area contributed by atoms with Gasteiger partial charge in [0.1, 0.15) is 6.04 Å². The molecule has 1 unspecified atom stereocenters. The van der Waals surface area contributed by atoms with Gasteiger partial charge in [-0.2, -0.15) is 0 Å². The van der Waals surface area contributed by atoms with Crippen molar-refractivity contribution in [3.8, 4) is 0 Å². The molecule has 2 fully saturated rings. The smallest absolute Gasteiger partial charge is 0.325 e. The first-order valence-corrected chi connectivity index (χ1v) is 9.12. The molecule has 26 heavy (non-hydrogen) atoms. The highest BCUT2D eigenvalue weighted by molar-refractivity contribution is 6.04. The zero-order valence-electron chi connectivity index (χ0n) is 15.3. The summed E-state index contributed by atoms with van der Waals surface area (Å²) in [6, 6.07) is 6.62. The quantitative estimate of drug-likeness (QED) is 0.666. The molecule has 6 nitrogen and oxygen atoms in total. The maximum atomic E-state index is 12.6. The number of nitrogens with one attached hydrogen (secondary N) is 1. The molecule has 0 aromatic heterocycles. The second kappa shape index (κ2) is 7.72. The summed E-state index contributed by atoms with van der Waals surface area (Å²) in [5, 5.41) is 2.76. The normalized spacial score (nSPS) is 21.5. The van der Waals surface area contributed by atoms with Gasteiger partial charge in [0.25, 0.3) is 11.8 Å². The Bertz CT molecular complexity index is 718. The second-order valence-corrected chi connectivity index (χ2v) is 6.90. The van der Waals surface area contributed by atoms with E-state index in [9.17, 15) is 14.4 Å². The van der Waals surface area contributed by atoms with E-state index in [0.29, 0.717) is 37.9 Å². The molecule has 6 heteroatoms. The summed E-state index contributed by atoms with van der Waals surface area (Å²) >= 11 is 0. The van der Waals surface area contributed by atoms with Crippen molar-refractivity contribution >= 4 is 17.8 Å². The average molecular weight is 355 g/mol. The van der Waals surface area contributed by atoms with Crippen molar-refractivity contribution in [2.75, 3.05) is 13.1 Å². The minimum atomic E-state index is -0.467. The zero-order chi connectivity index (χ0) is 18.7. The number of carbonyl (C=O) groups excluding carboxylic acids is 3. The number of carbonyl (C=O) groups is 3. The molecule has 1 atom stereocenters. The van der Waals surface area contributed by atoms with Gasteiger partial charge in [-0.15, -0.1) is 0 Å². The van der Waals surface area contributed by atoms with Crippen LogP contribution in [-0.4, -0.2) is 52.8 Å². The van der Waals surface area contributed by atoms with Crippen LogP contribution in [0.4, 0.5) is 4.79 Å². The van der Waals surface area contributed by atoms with Gasteiger partial charge in [-0.1, -0.05) is 29.8 Å². The monoisotopic (exact) mass is 355 g/mol. The largest absolute Gasteiger partial charge is 0.338 e. The van der Waals surface area contributed by atoms with Gasteiger partial charge in [-0.25, -0.2) is 4.79 Å². The third-order valence-electron chi connectivity index (χ3n) is 5.07. The zero-order valence-corrected chi connectivity index (χ0v) is 15.3. The number of hydrogen-bond donors (Lipinski definition) is 1. The number of nitrogens with zero attached hydrogens (tertiary/aromatic N) is 2. The second-order valence-electron chi connectivity index (χ2n) is 6.90. The third kappa shape index (κ3) is 3.64. The van der Waals surface area contributed by atoms with Crippen LogP contribution in [0.2, 0.25) is 0 Å². The van der Waals surface area contributed by atoms with Crippen LogP contribution in [0, 0.1) is 6.92 Å². The fourth-order valence-corrected chi connectivity index (χ4v) is 3.53. The highest BCUT2D eigenvalue weighted by atomic mass is 16.2. The molecule has 2 aliphatic rings. The van der Waals surface area contributed by atoms with Gasteiger partial charge >= 0.3 is 6.03 Å². The maximum absolute atomic E-state index is 12.6. The third-order valence-corrected chi connectivity index (χ3v) is 5.07. The number of imide groups is 1. The topological polar surface area (TPSA) is 69.7 Å². The predicted octanol–water partition coefficient (Wildman–Crippen LogP) is 2.49. The minimum Gasteiger partial charge on any atom is -0.338 e. The Hall–Kier alpha value is -2.63. The van der Waals surface area contributed by atoms with E-state index >= 15 is 0 Å². The van der Waals surface area contributed by atoms with Gasteiger partial charge in [0.15, 0.2) is 0 Å². The summed E-state index contributed by atoms with van der Waals surface area (Å²) < 4.78 is 0. The van der Waals surface area contributed by atoms with Crippen LogP contribution < -0.4 is 5.32 Å². The van der Waals surface area contributed by atoms with Gasteiger partial charge in [0.05, 0.1) is 0 Å². The van der Waals surface area contributed by atoms with Gasteiger partial charge in [-0.3, -0.25) is 14.5 Å². The number of aryl methyl sites for hydroxylation is 1. The van der Waals surface area contributed by atoms with Crippen molar-refractivity contribution in [2.45, 2.75) is 45.2 Å². The van der Waals surface area contributed by atoms with Crippen molar-refractivity contribution in [1.29, 1.82) is 0 Å². The first-order valence-electron chi connectivity index (χ1n) is 9.12. The molecule has 2 saturated heterocycles. The molecule has 3 rings (SSSR count). The molecule has 1 aromatic rings. The number of amides is 4. The number of piperidine rings is 1. The fourth-order valence-electron chi connectivity index (χ4n) is 3.53. The molecule has 1 aromatic carbocycles. The average Bonchev–Trinajstić information content (AvgIpc) is 2.93. The molecule has 0 spiro atoms. The van der Waals surface area contributed by atoms with E-state index in [1.54, 1.807) is 4.90 Å². The molecule has 0 bridgehead atoms. The first kappa shape index (κ1) is 18.2. The molecular weight excluding hydrogens is 330 g/mol. The minimum absolute atomic E-state index is 0.00612. The Kier molecular flexibility index (Phi) is 5.40. The van der Waals surface area contributed by atoms with Crippen molar-refractivity contribution in [3.63, 3.8) is 0 Å². The molecule has 138 valence electrons. The van der Waals surface area contributed by atoms with Crippen LogP contribution in [0.25, 0.3) is 0 Å². The van der Waals surface area contributed by atoms with Gasteiger partial charge in [0.2, 0.25) is 0 Å². The number of benzene rings is 1. The summed E-state index contributed by atoms with van der Waals surface area (Å²) in [5.74, 6) is -0.150. The first-order chi connectivity index (χ1) is 12.5. The number of urea groups is 1. The molecular formula is C20H25N3O3. The van der Waals surface area contributed by atoms with E-state index in [-0.39, 0.29) is 23.9 Å². The highest BCUT2D eigenvalue weighted by Gasteiger charge is 2.42. The Morgan fingerprint density at radius 3 is 2.46 bits per heavy atom. The summed E-state index contributed by atoms with van der Waals surface area (Å²) in [7, 11) is 0. The predicted molar refractivity (Wildman–Crippen MR) is 98.7 cm³/mol. The lowest BCUT2D eigenvalue weighted by Gasteiger charge is -2.35. The van der Waals surface area contributed by atoms with E-state index in [4.69, 9.17) is 0 Å². The van der Waals surface area contributed by atoms with Crippen LogP contribution in [0.5, 0.6) is 0 Å². The van der Waals surface area contributed by atoms with Crippen molar-refractivity contribution in [1.82, 2.24) is 15.1 Å². The van der Waals surface area contributed by atoms with Crippen LogP contribution >= 0.6 is 0 Å². The van der Waals surface area contributed by atoms with E-state index in [1.807, 2.05) is 50.3 Å². The lowest BCUT2D eigenvalue weighted by molar-refractivity contribution is -0.129. The molecule has 2 heterocycles. The molecule has 2 aliphatic heterocycles. The molecule has 0 aliphatic carbocycles. The van der Waals surface area contributed by atoms with E-state index in [1.165, 1.54) is 4.90 Å². The van der Waals surface area contributed by atoms with E-state index in [0.717, 1.165) is 5.56 Å². The maximum Gasteiger partial charge on any atom is 0.325 e. The summed E-state index contributed by atoms with van der Waals surface area (Å²) in [4.78, 5) is 40.5. The summed E-state index contributed by atoms with van der Waals surface area (Å²) in [6.45, 7) is 4.98. The van der Waals surface area contributed by atoms with E-state index in [2.05, 4.69) is 5.32 Å². The van der Waals surface area contributed by atoms with Crippen LogP contribution in [-0.2, 0) is 4.79 Å². The summed E-state index contributed by atoms with van der Waals surface area (Å²) in [5.41, 5.74) is 1.79. The lowest BCUT2D eigenvalue weighted by Crippen LogP contribution is -2.49. The molecule has 0 saturated carbocycles. The van der Waals surface area contributed by atoms with Crippen molar-refractivity contribution < 1.29 is 14.4 Å². The molecule has 1 N–H and O–H groups in total. The Morgan fingerprint density at radius 2 is 1.85 bits per heavy atom. The number of likely N-dealkylation sites (tertiary alicyclic amines) is 1. The number of allylic oxidation sites excluding steroid dienone is 1. The van der Waals surface area contributed by atoms with E-state index < -0.39 is 6.04 Å². The van der Waals surface area contributed by atoms with Gasteiger partial charge < -0.3 is 10.2 Å².